The molecule has 0 radical (unpaired) electrons. The predicted molar refractivity (Wildman–Crippen MR) is 94.8 cm³/mol. The fourth-order valence-corrected chi connectivity index (χ4v) is 2.54. The van der Waals surface area contributed by atoms with Crippen molar-refractivity contribution in [3.8, 4) is 11.4 Å². The Balaban J connectivity index is 1.49. The summed E-state index contributed by atoms with van der Waals surface area (Å²) in [7, 11) is 0. The zero-order valence-corrected chi connectivity index (χ0v) is 14.1. The SMILES string of the molecule is O=C(Nc1cccc(C(F)(F)F)c1)Nc1ccc2nc(-c3ccoc3)nn2c1. The molecule has 10 heteroatoms. The normalized spacial score (nSPS) is 11.5. The van der Waals surface area contributed by atoms with Crippen LogP contribution in [0.15, 0.2) is 65.6 Å². The molecule has 3 heterocycles. The number of nitrogens with one attached hydrogen (secondary N) is 2. The van der Waals surface area contributed by atoms with Gasteiger partial charge in [0.15, 0.2) is 11.5 Å². The Morgan fingerprint density at radius 1 is 1.07 bits per heavy atom. The van der Waals surface area contributed by atoms with Gasteiger partial charge in [0.05, 0.1) is 29.3 Å². The highest BCUT2D eigenvalue weighted by Crippen LogP contribution is 2.30. The minimum absolute atomic E-state index is 0.0244. The number of carbonyl (C=O) groups excluding carboxylic acids is 1. The molecule has 7 nitrogen and oxygen atoms in total. The van der Waals surface area contributed by atoms with Crippen molar-refractivity contribution in [2.45, 2.75) is 6.18 Å². The van der Waals surface area contributed by atoms with Crippen LogP contribution < -0.4 is 10.6 Å². The molecule has 0 fully saturated rings. The summed E-state index contributed by atoms with van der Waals surface area (Å²) in [6.45, 7) is 0. The van der Waals surface area contributed by atoms with E-state index in [0.717, 1.165) is 12.1 Å². The van der Waals surface area contributed by atoms with Crippen LogP contribution >= 0.6 is 0 Å². The summed E-state index contributed by atoms with van der Waals surface area (Å²) >= 11 is 0. The molecule has 0 spiro atoms. The highest BCUT2D eigenvalue weighted by atomic mass is 19.4. The second kappa shape index (κ2) is 6.72. The maximum atomic E-state index is 12.8. The van der Waals surface area contributed by atoms with E-state index in [2.05, 4.69) is 20.7 Å². The van der Waals surface area contributed by atoms with Crippen molar-refractivity contribution in [1.82, 2.24) is 14.6 Å². The first-order valence-corrected chi connectivity index (χ1v) is 8.03. The number of urea groups is 1. The van der Waals surface area contributed by atoms with Gasteiger partial charge in [-0.05, 0) is 36.4 Å². The third kappa shape index (κ3) is 3.65. The Hall–Kier alpha value is -3.82. The first-order valence-electron chi connectivity index (χ1n) is 8.03. The van der Waals surface area contributed by atoms with E-state index in [0.29, 0.717) is 22.7 Å². The van der Waals surface area contributed by atoms with Crippen LogP contribution in [0.1, 0.15) is 5.56 Å². The number of benzene rings is 1. The number of halogens is 3. The predicted octanol–water partition coefficient (Wildman–Crippen LogP) is 4.65. The first-order chi connectivity index (χ1) is 13.4. The largest absolute Gasteiger partial charge is 0.472 e. The van der Waals surface area contributed by atoms with Gasteiger partial charge in [0, 0.05) is 5.69 Å². The molecule has 142 valence electrons. The Morgan fingerprint density at radius 2 is 1.89 bits per heavy atom. The van der Waals surface area contributed by atoms with Gasteiger partial charge >= 0.3 is 12.2 Å². The average Bonchev–Trinajstić information content (AvgIpc) is 3.30. The van der Waals surface area contributed by atoms with Gasteiger partial charge in [-0.3, -0.25) is 0 Å². The Labute approximate surface area is 155 Å². The minimum Gasteiger partial charge on any atom is -0.472 e. The van der Waals surface area contributed by atoms with Gasteiger partial charge in [-0.15, -0.1) is 5.10 Å². The van der Waals surface area contributed by atoms with Gasteiger partial charge in [0.1, 0.15) is 6.26 Å². The molecular formula is C18H12F3N5O2. The molecule has 0 unspecified atom stereocenters. The van der Waals surface area contributed by atoms with Gasteiger partial charge in [-0.2, -0.15) is 13.2 Å². The topological polar surface area (TPSA) is 84.5 Å². The number of alkyl halides is 3. The van der Waals surface area contributed by atoms with E-state index in [1.165, 1.54) is 35.4 Å². The summed E-state index contributed by atoms with van der Waals surface area (Å²) in [5.74, 6) is 0.458. The average molecular weight is 387 g/mol. The smallest absolute Gasteiger partial charge is 0.416 e. The summed E-state index contributed by atoms with van der Waals surface area (Å²) in [4.78, 5) is 16.4. The lowest BCUT2D eigenvalue weighted by atomic mass is 10.2. The summed E-state index contributed by atoms with van der Waals surface area (Å²) < 4.78 is 44.7. The van der Waals surface area contributed by atoms with Gasteiger partial charge in [-0.25, -0.2) is 14.3 Å². The maximum Gasteiger partial charge on any atom is 0.416 e. The Morgan fingerprint density at radius 3 is 2.64 bits per heavy atom. The number of carbonyl (C=O) groups is 1. The van der Waals surface area contributed by atoms with Crippen molar-refractivity contribution in [1.29, 1.82) is 0 Å². The number of fused-ring (bicyclic) bond motifs is 1. The highest BCUT2D eigenvalue weighted by molar-refractivity contribution is 5.99. The minimum atomic E-state index is -4.49. The number of aromatic nitrogens is 3. The number of hydrogen-bond donors (Lipinski definition) is 2. The van der Waals surface area contributed by atoms with E-state index in [9.17, 15) is 18.0 Å². The second-order valence-electron chi connectivity index (χ2n) is 5.83. The van der Waals surface area contributed by atoms with Crippen molar-refractivity contribution >= 4 is 23.1 Å². The van der Waals surface area contributed by atoms with Crippen LogP contribution in [0.2, 0.25) is 0 Å². The molecule has 4 rings (SSSR count). The van der Waals surface area contributed by atoms with Crippen molar-refractivity contribution in [2.75, 3.05) is 10.6 Å². The summed E-state index contributed by atoms with van der Waals surface area (Å²) in [5.41, 5.74) is 0.832. The fourth-order valence-electron chi connectivity index (χ4n) is 2.54. The van der Waals surface area contributed by atoms with Gasteiger partial charge < -0.3 is 15.1 Å². The molecule has 0 aliphatic heterocycles. The molecule has 2 amide bonds. The summed E-state index contributed by atoms with van der Waals surface area (Å²) in [6, 6.07) is 8.66. The van der Waals surface area contributed by atoms with E-state index < -0.39 is 17.8 Å². The molecule has 0 atom stereocenters. The fraction of sp³-hybridized carbons (Fsp3) is 0.0556. The quantitative estimate of drug-likeness (QED) is 0.536. The first kappa shape index (κ1) is 17.6. The van der Waals surface area contributed by atoms with Crippen molar-refractivity contribution in [3.63, 3.8) is 0 Å². The third-order valence-corrected chi connectivity index (χ3v) is 3.82. The standard InChI is InChI=1S/C18H12F3N5O2/c19-18(20,21)12-2-1-3-13(8-12)22-17(27)23-14-4-5-15-24-16(25-26(15)9-14)11-6-7-28-10-11/h1-10H,(H2,22,23,27). The number of pyridine rings is 1. The van der Waals surface area contributed by atoms with Crippen molar-refractivity contribution in [2.24, 2.45) is 0 Å². The number of rotatable bonds is 3. The van der Waals surface area contributed by atoms with Crippen LogP contribution in [0.5, 0.6) is 0 Å². The molecule has 0 saturated carbocycles. The van der Waals surface area contributed by atoms with Gasteiger partial charge in [0.2, 0.25) is 0 Å². The van der Waals surface area contributed by atoms with Crippen molar-refractivity contribution in [3.05, 3.63) is 66.8 Å². The van der Waals surface area contributed by atoms with Crippen LogP contribution in [0.3, 0.4) is 0 Å². The van der Waals surface area contributed by atoms with Crippen LogP contribution in [0.25, 0.3) is 17.0 Å². The number of anilines is 2. The summed E-state index contributed by atoms with van der Waals surface area (Å²) in [6.07, 6.45) is 0.0686. The van der Waals surface area contributed by atoms with E-state index in [1.54, 1.807) is 18.2 Å². The van der Waals surface area contributed by atoms with Crippen LogP contribution in [0, 0.1) is 0 Å². The van der Waals surface area contributed by atoms with E-state index in [4.69, 9.17) is 4.42 Å². The third-order valence-electron chi connectivity index (χ3n) is 3.82. The van der Waals surface area contributed by atoms with Crippen LogP contribution in [0.4, 0.5) is 29.3 Å². The van der Waals surface area contributed by atoms with Crippen molar-refractivity contribution < 1.29 is 22.4 Å². The molecule has 2 N–H and O–H groups in total. The lowest BCUT2D eigenvalue weighted by Crippen LogP contribution is -2.20. The number of nitrogens with zero attached hydrogens (tertiary/aromatic N) is 3. The zero-order valence-electron chi connectivity index (χ0n) is 14.1. The maximum absolute atomic E-state index is 12.8. The zero-order chi connectivity index (χ0) is 19.7. The Bertz CT molecular complexity index is 1140. The monoisotopic (exact) mass is 387 g/mol. The molecule has 0 saturated heterocycles. The molecule has 4 aromatic rings. The van der Waals surface area contributed by atoms with E-state index >= 15 is 0 Å². The summed E-state index contributed by atoms with van der Waals surface area (Å²) in [5, 5.41) is 9.21. The second-order valence-corrected chi connectivity index (χ2v) is 5.83. The Kier molecular flexibility index (Phi) is 4.22. The van der Waals surface area contributed by atoms with Crippen LogP contribution in [-0.4, -0.2) is 20.6 Å². The van der Waals surface area contributed by atoms with E-state index in [1.807, 2.05) is 0 Å². The molecule has 0 bridgehead atoms. The number of amides is 2. The molecule has 0 aliphatic carbocycles. The molecule has 3 aromatic heterocycles. The molecular weight excluding hydrogens is 375 g/mol. The molecule has 28 heavy (non-hydrogen) atoms. The lowest BCUT2D eigenvalue weighted by Gasteiger charge is -2.10. The molecule has 0 aliphatic rings. The number of furan rings is 1. The van der Waals surface area contributed by atoms with Gasteiger partial charge in [-0.1, -0.05) is 6.07 Å². The van der Waals surface area contributed by atoms with E-state index in [-0.39, 0.29) is 5.69 Å². The van der Waals surface area contributed by atoms with Gasteiger partial charge in [0.25, 0.3) is 0 Å². The lowest BCUT2D eigenvalue weighted by molar-refractivity contribution is -0.137. The molecule has 1 aromatic carbocycles. The van der Waals surface area contributed by atoms with Crippen LogP contribution in [-0.2, 0) is 6.18 Å². The highest BCUT2D eigenvalue weighted by Gasteiger charge is 2.30. The number of hydrogen-bond acceptors (Lipinski definition) is 4.